The number of esters is 1. The van der Waals surface area contributed by atoms with Gasteiger partial charge in [0.2, 0.25) is 0 Å². The van der Waals surface area contributed by atoms with Crippen LogP contribution in [-0.2, 0) is 4.74 Å². The summed E-state index contributed by atoms with van der Waals surface area (Å²) < 4.78 is 4.94. The molecule has 16 heavy (non-hydrogen) atoms. The van der Waals surface area contributed by atoms with Gasteiger partial charge in [0, 0.05) is 6.10 Å². The standard InChI is InChI=1S/C10H12O2.C3H8O/c1-2-8-12-10(11)9-6-4-3-5-7-9;1-3(2)4/h3-7H,2,8H2,1H3;3-4H,1-2H3. The number of aliphatic hydroxyl groups is 1. The van der Waals surface area contributed by atoms with Crippen molar-refractivity contribution in [3.05, 3.63) is 35.9 Å². The molecule has 0 amide bonds. The first kappa shape index (κ1) is 14.6. The van der Waals surface area contributed by atoms with Gasteiger partial charge in [0.1, 0.15) is 0 Å². The molecular formula is C13H20O3. The highest BCUT2D eigenvalue weighted by Gasteiger charge is 2.03. The van der Waals surface area contributed by atoms with Crippen molar-refractivity contribution >= 4 is 5.97 Å². The SMILES string of the molecule is CC(C)O.CCCOC(=O)c1ccccc1. The van der Waals surface area contributed by atoms with Crippen molar-refractivity contribution in [1.29, 1.82) is 0 Å². The third-order valence-electron chi connectivity index (χ3n) is 1.45. The molecule has 0 fully saturated rings. The Labute approximate surface area is 97.1 Å². The van der Waals surface area contributed by atoms with Crippen LogP contribution in [0.1, 0.15) is 37.6 Å². The Morgan fingerprint density at radius 1 is 1.31 bits per heavy atom. The molecule has 0 radical (unpaired) electrons. The van der Waals surface area contributed by atoms with E-state index in [0.29, 0.717) is 12.2 Å². The van der Waals surface area contributed by atoms with Crippen LogP contribution in [-0.4, -0.2) is 23.8 Å². The lowest BCUT2D eigenvalue weighted by atomic mass is 10.2. The molecule has 0 saturated carbocycles. The van der Waals surface area contributed by atoms with Gasteiger partial charge in [-0.05, 0) is 32.4 Å². The van der Waals surface area contributed by atoms with Crippen molar-refractivity contribution in [1.82, 2.24) is 0 Å². The van der Waals surface area contributed by atoms with Gasteiger partial charge in [-0.15, -0.1) is 0 Å². The zero-order chi connectivity index (χ0) is 12.4. The Morgan fingerprint density at radius 2 is 1.81 bits per heavy atom. The molecule has 3 heteroatoms. The zero-order valence-electron chi connectivity index (χ0n) is 10.1. The average Bonchev–Trinajstić information content (AvgIpc) is 2.26. The van der Waals surface area contributed by atoms with Gasteiger partial charge in [0.05, 0.1) is 12.2 Å². The Kier molecular flexibility index (Phi) is 8.17. The number of ether oxygens (including phenoxy) is 1. The molecule has 0 aliphatic heterocycles. The lowest BCUT2D eigenvalue weighted by Gasteiger charge is -2.01. The molecule has 1 aromatic carbocycles. The number of carbonyl (C=O) groups is 1. The first-order valence-corrected chi connectivity index (χ1v) is 5.48. The van der Waals surface area contributed by atoms with Crippen LogP contribution in [0.2, 0.25) is 0 Å². The van der Waals surface area contributed by atoms with E-state index in [2.05, 4.69) is 0 Å². The zero-order valence-corrected chi connectivity index (χ0v) is 10.1. The first-order valence-electron chi connectivity index (χ1n) is 5.48. The number of rotatable bonds is 3. The van der Waals surface area contributed by atoms with Crippen molar-refractivity contribution in [2.24, 2.45) is 0 Å². The summed E-state index contributed by atoms with van der Waals surface area (Å²) in [6.45, 7) is 5.91. The molecule has 1 aromatic rings. The van der Waals surface area contributed by atoms with E-state index in [4.69, 9.17) is 9.84 Å². The number of benzene rings is 1. The Hall–Kier alpha value is -1.35. The third kappa shape index (κ3) is 8.00. The van der Waals surface area contributed by atoms with Gasteiger partial charge in [-0.25, -0.2) is 4.79 Å². The Bertz CT molecular complexity index is 278. The molecule has 0 aromatic heterocycles. The first-order chi connectivity index (χ1) is 7.57. The van der Waals surface area contributed by atoms with E-state index in [1.165, 1.54) is 0 Å². The summed E-state index contributed by atoms with van der Waals surface area (Å²) in [6.07, 6.45) is 0.693. The second kappa shape index (κ2) is 8.92. The van der Waals surface area contributed by atoms with Crippen LogP contribution in [0, 0.1) is 0 Å². The van der Waals surface area contributed by atoms with Crippen molar-refractivity contribution in [2.75, 3.05) is 6.61 Å². The van der Waals surface area contributed by atoms with Gasteiger partial charge < -0.3 is 9.84 Å². The van der Waals surface area contributed by atoms with Gasteiger partial charge >= 0.3 is 5.97 Å². The van der Waals surface area contributed by atoms with Crippen LogP contribution in [0.3, 0.4) is 0 Å². The molecule has 0 unspecified atom stereocenters. The molecule has 0 aliphatic rings. The van der Waals surface area contributed by atoms with Crippen molar-refractivity contribution in [3.8, 4) is 0 Å². The third-order valence-corrected chi connectivity index (χ3v) is 1.45. The highest BCUT2D eigenvalue weighted by Crippen LogP contribution is 2.00. The maximum absolute atomic E-state index is 11.2. The number of hydrogen-bond acceptors (Lipinski definition) is 3. The van der Waals surface area contributed by atoms with Gasteiger partial charge in [0.25, 0.3) is 0 Å². The Balaban J connectivity index is 0.000000487. The minimum Gasteiger partial charge on any atom is -0.462 e. The van der Waals surface area contributed by atoms with Crippen molar-refractivity contribution in [2.45, 2.75) is 33.3 Å². The van der Waals surface area contributed by atoms with E-state index in [9.17, 15) is 4.79 Å². The fourth-order valence-corrected chi connectivity index (χ4v) is 0.852. The lowest BCUT2D eigenvalue weighted by Crippen LogP contribution is -2.05. The largest absolute Gasteiger partial charge is 0.462 e. The van der Waals surface area contributed by atoms with Crippen molar-refractivity contribution in [3.63, 3.8) is 0 Å². The number of carbonyl (C=O) groups excluding carboxylic acids is 1. The van der Waals surface area contributed by atoms with E-state index in [1.807, 2.05) is 25.1 Å². The average molecular weight is 224 g/mol. The second-order valence-electron chi connectivity index (χ2n) is 3.60. The summed E-state index contributed by atoms with van der Waals surface area (Å²) >= 11 is 0. The fourth-order valence-electron chi connectivity index (χ4n) is 0.852. The van der Waals surface area contributed by atoms with Crippen molar-refractivity contribution < 1.29 is 14.6 Å². The molecule has 0 spiro atoms. The summed E-state index contributed by atoms with van der Waals surface area (Å²) in [7, 11) is 0. The molecule has 0 saturated heterocycles. The maximum atomic E-state index is 11.2. The second-order valence-corrected chi connectivity index (χ2v) is 3.60. The molecule has 1 rings (SSSR count). The normalized spacial score (nSPS) is 9.31. The minimum atomic E-state index is -0.238. The van der Waals surface area contributed by atoms with E-state index in [0.717, 1.165) is 6.42 Å². The minimum absolute atomic E-state index is 0.167. The number of aliphatic hydroxyl groups excluding tert-OH is 1. The summed E-state index contributed by atoms with van der Waals surface area (Å²) in [5.74, 6) is -0.238. The molecule has 90 valence electrons. The molecule has 3 nitrogen and oxygen atoms in total. The smallest absolute Gasteiger partial charge is 0.338 e. The van der Waals surface area contributed by atoms with Crippen LogP contribution in [0.25, 0.3) is 0 Å². The van der Waals surface area contributed by atoms with E-state index in [-0.39, 0.29) is 12.1 Å². The lowest BCUT2D eigenvalue weighted by molar-refractivity contribution is 0.0505. The molecule has 0 bridgehead atoms. The van der Waals surface area contributed by atoms with Crippen LogP contribution in [0.5, 0.6) is 0 Å². The highest BCUT2D eigenvalue weighted by molar-refractivity contribution is 5.89. The summed E-state index contributed by atoms with van der Waals surface area (Å²) in [5.41, 5.74) is 0.617. The van der Waals surface area contributed by atoms with E-state index in [1.54, 1.807) is 26.0 Å². The van der Waals surface area contributed by atoms with Crippen LogP contribution < -0.4 is 0 Å². The molecule has 1 N–H and O–H groups in total. The van der Waals surface area contributed by atoms with Gasteiger partial charge in [-0.3, -0.25) is 0 Å². The topological polar surface area (TPSA) is 46.5 Å². The molecule has 0 aliphatic carbocycles. The monoisotopic (exact) mass is 224 g/mol. The van der Waals surface area contributed by atoms with E-state index < -0.39 is 0 Å². The fraction of sp³-hybridized carbons (Fsp3) is 0.462. The van der Waals surface area contributed by atoms with Gasteiger partial charge in [-0.2, -0.15) is 0 Å². The molecular weight excluding hydrogens is 204 g/mol. The summed E-state index contributed by atoms with van der Waals surface area (Å²) in [5, 5.41) is 8.06. The van der Waals surface area contributed by atoms with Gasteiger partial charge in [-0.1, -0.05) is 25.1 Å². The van der Waals surface area contributed by atoms with Crippen LogP contribution in [0.15, 0.2) is 30.3 Å². The maximum Gasteiger partial charge on any atom is 0.338 e. The summed E-state index contributed by atoms with van der Waals surface area (Å²) in [4.78, 5) is 11.2. The predicted molar refractivity (Wildman–Crippen MR) is 64.4 cm³/mol. The Morgan fingerprint density at radius 3 is 2.25 bits per heavy atom. The van der Waals surface area contributed by atoms with Gasteiger partial charge in [0.15, 0.2) is 0 Å². The van der Waals surface area contributed by atoms with Crippen LogP contribution in [0.4, 0.5) is 0 Å². The molecule has 0 heterocycles. The molecule has 0 atom stereocenters. The highest BCUT2D eigenvalue weighted by atomic mass is 16.5. The quantitative estimate of drug-likeness (QED) is 0.803. The van der Waals surface area contributed by atoms with Crippen LogP contribution >= 0.6 is 0 Å². The van der Waals surface area contributed by atoms with E-state index >= 15 is 0 Å². The number of hydrogen-bond donors (Lipinski definition) is 1. The predicted octanol–water partition coefficient (Wildman–Crippen LogP) is 2.64. The summed E-state index contributed by atoms with van der Waals surface area (Å²) in [6, 6.07) is 9.01.